The Kier molecular flexibility index (Phi) is 2.87. The third kappa shape index (κ3) is 1.87. The van der Waals surface area contributed by atoms with Gasteiger partial charge in [0.25, 0.3) is 0 Å². The van der Waals surface area contributed by atoms with E-state index < -0.39 is 0 Å². The fourth-order valence-electron chi connectivity index (χ4n) is 4.43. The van der Waals surface area contributed by atoms with E-state index in [0.29, 0.717) is 11.7 Å². The fourth-order valence-corrected chi connectivity index (χ4v) is 4.61. The maximum atomic E-state index is 14.1. The Balaban J connectivity index is 1.93. The van der Waals surface area contributed by atoms with Crippen LogP contribution in [-0.4, -0.2) is 6.04 Å². The molecule has 2 fully saturated rings. The molecule has 2 saturated carbocycles. The predicted octanol–water partition coefficient (Wildman–Crippen LogP) is 5.11. The molecule has 104 valence electrons. The Morgan fingerprint density at radius 3 is 2.68 bits per heavy atom. The Labute approximate surface area is 119 Å². The van der Waals surface area contributed by atoms with E-state index in [0.717, 1.165) is 5.92 Å². The molecule has 2 bridgehead atoms. The van der Waals surface area contributed by atoms with Crippen LogP contribution in [0.15, 0.2) is 18.2 Å². The second-order valence-corrected chi connectivity index (χ2v) is 7.50. The van der Waals surface area contributed by atoms with Crippen molar-refractivity contribution in [1.29, 1.82) is 0 Å². The van der Waals surface area contributed by atoms with Gasteiger partial charge in [0.2, 0.25) is 0 Å². The molecule has 3 heteroatoms. The van der Waals surface area contributed by atoms with E-state index in [1.165, 1.54) is 19.3 Å². The number of anilines is 1. The lowest BCUT2D eigenvalue weighted by atomic mass is 9.68. The molecule has 1 nitrogen and oxygen atoms in total. The quantitative estimate of drug-likeness (QED) is 0.795. The number of hydrogen-bond acceptors (Lipinski definition) is 1. The number of rotatable bonds is 2. The van der Waals surface area contributed by atoms with Gasteiger partial charge in [-0.15, -0.1) is 0 Å². The molecule has 0 amide bonds. The number of fused-ring (bicyclic) bond motifs is 2. The summed E-state index contributed by atoms with van der Waals surface area (Å²) in [7, 11) is 0. The van der Waals surface area contributed by atoms with E-state index in [1.54, 1.807) is 18.2 Å². The lowest BCUT2D eigenvalue weighted by Crippen LogP contribution is -2.45. The highest BCUT2D eigenvalue weighted by Gasteiger charge is 2.59. The summed E-state index contributed by atoms with van der Waals surface area (Å²) in [5.41, 5.74) is 1.03. The summed E-state index contributed by atoms with van der Waals surface area (Å²) in [6, 6.07) is 5.49. The highest BCUT2D eigenvalue weighted by molar-refractivity contribution is 6.31. The molecule has 1 aromatic carbocycles. The summed E-state index contributed by atoms with van der Waals surface area (Å²) in [6.45, 7) is 6.95. The van der Waals surface area contributed by atoms with Crippen molar-refractivity contribution in [3.63, 3.8) is 0 Å². The first-order valence-electron chi connectivity index (χ1n) is 7.05. The van der Waals surface area contributed by atoms with Crippen molar-refractivity contribution in [3.05, 3.63) is 29.0 Å². The SMILES string of the molecule is CC12CCC(C1)C(C)(C)C2Nc1cccc(Cl)c1F. The summed E-state index contributed by atoms with van der Waals surface area (Å²) in [6.07, 6.45) is 3.79. The summed E-state index contributed by atoms with van der Waals surface area (Å²) >= 11 is 5.87. The molecule has 0 spiro atoms. The minimum absolute atomic E-state index is 0.191. The molecule has 2 aliphatic carbocycles. The third-order valence-electron chi connectivity index (χ3n) is 5.52. The van der Waals surface area contributed by atoms with Crippen LogP contribution in [0, 0.1) is 22.6 Å². The minimum Gasteiger partial charge on any atom is -0.379 e. The van der Waals surface area contributed by atoms with Gasteiger partial charge in [-0.3, -0.25) is 0 Å². The van der Waals surface area contributed by atoms with Crippen molar-refractivity contribution in [3.8, 4) is 0 Å². The van der Waals surface area contributed by atoms with Crippen molar-refractivity contribution >= 4 is 17.3 Å². The van der Waals surface area contributed by atoms with Crippen LogP contribution in [0.1, 0.15) is 40.0 Å². The molecule has 3 atom stereocenters. The zero-order chi connectivity index (χ0) is 13.8. The van der Waals surface area contributed by atoms with Gasteiger partial charge in [0.05, 0.1) is 10.7 Å². The topological polar surface area (TPSA) is 12.0 Å². The van der Waals surface area contributed by atoms with Gasteiger partial charge < -0.3 is 5.32 Å². The first-order valence-corrected chi connectivity index (χ1v) is 7.43. The smallest absolute Gasteiger partial charge is 0.164 e. The van der Waals surface area contributed by atoms with Gasteiger partial charge in [-0.1, -0.05) is 38.4 Å². The van der Waals surface area contributed by atoms with E-state index in [1.807, 2.05) is 0 Å². The Morgan fingerprint density at radius 2 is 2.05 bits per heavy atom. The molecule has 1 N–H and O–H groups in total. The number of hydrogen-bond donors (Lipinski definition) is 1. The van der Waals surface area contributed by atoms with Gasteiger partial charge in [-0.05, 0) is 48.1 Å². The zero-order valence-corrected chi connectivity index (χ0v) is 12.5. The summed E-state index contributed by atoms with van der Waals surface area (Å²) in [5, 5.41) is 3.64. The van der Waals surface area contributed by atoms with Crippen LogP contribution < -0.4 is 5.32 Å². The van der Waals surface area contributed by atoms with Crippen LogP contribution in [-0.2, 0) is 0 Å². The van der Waals surface area contributed by atoms with Crippen LogP contribution in [0.4, 0.5) is 10.1 Å². The molecule has 0 aliphatic heterocycles. The van der Waals surface area contributed by atoms with Crippen LogP contribution >= 0.6 is 11.6 Å². The molecular formula is C16H21ClFN. The highest BCUT2D eigenvalue weighted by Crippen LogP contribution is 2.63. The van der Waals surface area contributed by atoms with E-state index in [9.17, 15) is 4.39 Å². The standard InChI is InChI=1S/C16H21ClFN/c1-15(2)10-7-8-16(3,9-10)14(15)19-12-6-4-5-11(17)13(12)18/h4-6,10,14,19H,7-9H2,1-3H3. The van der Waals surface area contributed by atoms with Crippen LogP contribution in [0.2, 0.25) is 5.02 Å². The fraction of sp³-hybridized carbons (Fsp3) is 0.625. The molecule has 2 aliphatic rings. The summed E-state index contributed by atoms with van der Waals surface area (Å²) in [4.78, 5) is 0. The molecule has 0 heterocycles. The molecule has 1 aromatic rings. The molecule has 0 saturated heterocycles. The zero-order valence-electron chi connectivity index (χ0n) is 11.8. The lowest BCUT2D eigenvalue weighted by molar-refractivity contribution is 0.155. The Morgan fingerprint density at radius 1 is 1.32 bits per heavy atom. The average Bonchev–Trinajstić information content (AvgIpc) is 2.81. The maximum absolute atomic E-state index is 14.1. The molecular weight excluding hydrogens is 261 g/mol. The summed E-state index contributed by atoms with van der Waals surface area (Å²) in [5.74, 6) is 0.420. The predicted molar refractivity (Wildman–Crippen MR) is 78.0 cm³/mol. The van der Waals surface area contributed by atoms with E-state index in [-0.39, 0.29) is 21.7 Å². The lowest BCUT2D eigenvalue weighted by Gasteiger charge is -2.43. The summed E-state index contributed by atoms with van der Waals surface area (Å²) < 4.78 is 14.1. The van der Waals surface area contributed by atoms with Gasteiger partial charge in [-0.2, -0.15) is 0 Å². The van der Waals surface area contributed by atoms with Crippen LogP contribution in [0.5, 0.6) is 0 Å². The molecule has 0 aromatic heterocycles. The van der Waals surface area contributed by atoms with Crippen molar-refractivity contribution in [2.45, 2.75) is 46.1 Å². The van der Waals surface area contributed by atoms with Crippen molar-refractivity contribution in [2.75, 3.05) is 5.32 Å². The number of nitrogens with one attached hydrogen (secondary N) is 1. The van der Waals surface area contributed by atoms with E-state index >= 15 is 0 Å². The van der Waals surface area contributed by atoms with Gasteiger partial charge in [0.15, 0.2) is 5.82 Å². The normalized spacial score (nSPS) is 35.6. The third-order valence-corrected chi connectivity index (χ3v) is 5.81. The van der Waals surface area contributed by atoms with E-state index in [4.69, 9.17) is 11.6 Å². The largest absolute Gasteiger partial charge is 0.379 e. The minimum atomic E-state index is -0.327. The average molecular weight is 282 g/mol. The van der Waals surface area contributed by atoms with Gasteiger partial charge in [0.1, 0.15) is 0 Å². The second kappa shape index (κ2) is 4.12. The van der Waals surface area contributed by atoms with Crippen molar-refractivity contribution < 1.29 is 4.39 Å². The van der Waals surface area contributed by atoms with Crippen LogP contribution in [0.25, 0.3) is 0 Å². The molecule has 3 unspecified atom stereocenters. The molecule has 0 radical (unpaired) electrons. The van der Waals surface area contributed by atoms with Crippen LogP contribution in [0.3, 0.4) is 0 Å². The Bertz CT molecular complexity index is 509. The number of benzene rings is 1. The monoisotopic (exact) mass is 281 g/mol. The van der Waals surface area contributed by atoms with Gasteiger partial charge in [0, 0.05) is 6.04 Å². The van der Waals surface area contributed by atoms with Gasteiger partial charge in [-0.25, -0.2) is 4.39 Å². The first kappa shape index (κ1) is 13.2. The highest BCUT2D eigenvalue weighted by atomic mass is 35.5. The maximum Gasteiger partial charge on any atom is 0.164 e. The van der Waals surface area contributed by atoms with E-state index in [2.05, 4.69) is 26.1 Å². The van der Waals surface area contributed by atoms with Crippen molar-refractivity contribution in [2.24, 2.45) is 16.7 Å². The molecule has 19 heavy (non-hydrogen) atoms. The van der Waals surface area contributed by atoms with Gasteiger partial charge >= 0.3 is 0 Å². The first-order chi connectivity index (χ1) is 8.84. The second-order valence-electron chi connectivity index (χ2n) is 7.09. The molecule has 3 rings (SSSR count). The van der Waals surface area contributed by atoms with Crippen molar-refractivity contribution in [1.82, 2.24) is 0 Å². The Hall–Kier alpha value is -0.760. The number of halogens is 2.